The third-order valence-electron chi connectivity index (χ3n) is 5.68. The molecule has 1 aliphatic rings. The van der Waals surface area contributed by atoms with E-state index in [1.807, 2.05) is 38.1 Å². The smallest absolute Gasteiger partial charge is 0.237 e. The molecule has 31 heavy (non-hydrogen) atoms. The number of anilines is 2. The SMILES string of the molecule is COc1ccc(-c2nc3n(c2Nc2ccc(F)cc2)CCN(C(=O)CN)C3(C)C)cc1. The van der Waals surface area contributed by atoms with Crippen molar-refractivity contribution in [2.75, 3.05) is 25.5 Å². The van der Waals surface area contributed by atoms with Crippen LogP contribution >= 0.6 is 0 Å². The number of carbonyl (C=O) groups excluding carboxylic acids is 1. The van der Waals surface area contributed by atoms with Crippen LogP contribution in [0.3, 0.4) is 0 Å². The van der Waals surface area contributed by atoms with E-state index in [4.69, 9.17) is 15.5 Å². The summed E-state index contributed by atoms with van der Waals surface area (Å²) in [5, 5.41) is 3.41. The Bertz CT molecular complexity index is 1090. The van der Waals surface area contributed by atoms with Crippen molar-refractivity contribution >= 4 is 17.4 Å². The summed E-state index contributed by atoms with van der Waals surface area (Å²) in [4.78, 5) is 19.2. The van der Waals surface area contributed by atoms with E-state index in [1.54, 1.807) is 24.1 Å². The zero-order chi connectivity index (χ0) is 22.2. The molecule has 0 fully saturated rings. The molecule has 1 aromatic heterocycles. The van der Waals surface area contributed by atoms with Crippen molar-refractivity contribution in [2.24, 2.45) is 5.73 Å². The van der Waals surface area contributed by atoms with Crippen LogP contribution in [0.15, 0.2) is 48.5 Å². The summed E-state index contributed by atoms with van der Waals surface area (Å²) in [5.41, 5.74) is 7.40. The number of halogens is 1. The molecule has 7 nitrogen and oxygen atoms in total. The standard InChI is InChI=1S/C23H26FN5O2/c1-23(2)22-27-20(15-4-10-18(31-3)11-5-15)21(26-17-8-6-16(24)7-9-17)28(22)12-13-29(23)19(30)14-25/h4-11,26H,12-14,25H2,1-3H3. The van der Waals surface area contributed by atoms with Crippen molar-refractivity contribution in [1.82, 2.24) is 14.5 Å². The first-order valence-electron chi connectivity index (χ1n) is 10.1. The minimum Gasteiger partial charge on any atom is -0.497 e. The molecule has 3 aromatic rings. The van der Waals surface area contributed by atoms with Gasteiger partial charge >= 0.3 is 0 Å². The summed E-state index contributed by atoms with van der Waals surface area (Å²) in [5.74, 6) is 1.89. The van der Waals surface area contributed by atoms with E-state index >= 15 is 0 Å². The van der Waals surface area contributed by atoms with Crippen LogP contribution in [-0.2, 0) is 16.9 Å². The van der Waals surface area contributed by atoms with E-state index in [2.05, 4.69) is 9.88 Å². The molecule has 0 unspecified atom stereocenters. The van der Waals surface area contributed by atoms with E-state index in [0.29, 0.717) is 13.1 Å². The third kappa shape index (κ3) is 3.74. The molecule has 2 aromatic carbocycles. The lowest BCUT2D eigenvalue weighted by atomic mass is 9.99. The van der Waals surface area contributed by atoms with Crippen molar-refractivity contribution in [3.8, 4) is 17.0 Å². The fourth-order valence-corrected chi connectivity index (χ4v) is 4.03. The second kappa shape index (κ2) is 8.03. The van der Waals surface area contributed by atoms with E-state index in [0.717, 1.165) is 34.3 Å². The zero-order valence-electron chi connectivity index (χ0n) is 17.9. The molecule has 0 aliphatic carbocycles. The lowest BCUT2D eigenvalue weighted by molar-refractivity contribution is -0.137. The number of nitrogens with two attached hydrogens (primary N) is 1. The van der Waals surface area contributed by atoms with Crippen molar-refractivity contribution in [1.29, 1.82) is 0 Å². The predicted octanol–water partition coefficient (Wildman–Crippen LogP) is 3.48. The molecule has 8 heteroatoms. The molecule has 162 valence electrons. The largest absolute Gasteiger partial charge is 0.497 e. The van der Waals surface area contributed by atoms with Crippen LogP contribution in [0.1, 0.15) is 19.7 Å². The summed E-state index contributed by atoms with van der Waals surface area (Å²) >= 11 is 0. The van der Waals surface area contributed by atoms with Gasteiger partial charge in [0.25, 0.3) is 0 Å². The van der Waals surface area contributed by atoms with Crippen molar-refractivity contribution in [2.45, 2.75) is 25.9 Å². The van der Waals surface area contributed by atoms with E-state index in [9.17, 15) is 9.18 Å². The summed E-state index contributed by atoms with van der Waals surface area (Å²) in [6.07, 6.45) is 0. The van der Waals surface area contributed by atoms with Gasteiger partial charge in [-0.05, 0) is 62.4 Å². The van der Waals surface area contributed by atoms with Gasteiger partial charge in [0.2, 0.25) is 5.91 Å². The zero-order valence-corrected chi connectivity index (χ0v) is 17.9. The van der Waals surface area contributed by atoms with Crippen LogP contribution in [-0.4, -0.2) is 40.6 Å². The lowest BCUT2D eigenvalue weighted by Crippen LogP contribution is -2.53. The number of imidazole rings is 1. The molecular weight excluding hydrogens is 397 g/mol. The van der Waals surface area contributed by atoms with Gasteiger partial charge in [0.1, 0.15) is 28.9 Å². The van der Waals surface area contributed by atoms with Crippen LogP contribution in [0.25, 0.3) is 11.3 Å². The highest BCUT2D eigenvalue weighted by Crippen LogP contribution is 2.39. The molecule has 0 atom stereocenters. The van der Waals surface area contributed by atoms with Crippen LogP contribution < -0.4 is 15.8 Å². The van der Waals surface area contributed by atoms with Gasteiger partial charge in [-0.1, -0.05) is 0 Å². The van der Waals surface area contributed by atoms with E-state index < -0.39 is 5.54 Å². The second-order valence-electron chi connectivity index (χ2n) is 7.95. The van der Waals surface area contributed by atoms with Crippen molar-refractivity contribution < 1.29 is 13.9 Å². The summed E-state index contributed by atoms with van der Waals surface area (Å²) in [6.45, 7) is 4.98. The topological polar surface area (TPSA) is 85.4 Å². The highest BCUT2D eigenvalue weighted by atomic mass is 19.1. The Morgan fingerprint density at radius 1 is 1.16 bits per heavy atom. The second-order valence-corrected chi connectivity index (χ2v) is 7.95. The van der Waals surface area contributed by atoms with E-state index in [-0.39, 0.29) is 18.3 Å². The molecule has 0 saturated heterocycles. The Labute approximate surface area is 180 Å². The van der Waals surface area contributed by atoms with Crippen molar-refractivity contribution in [3.63, 3.8) is 0 Å². The highest BCUT2D eigenvalue weighted by Gasteiger charge is 2.41. The summed E-state index contributed by atoms with van der Waals surface area (Å²) in [7, 11) is 1.62. The van der Waals surface area contributed by atoms with Crippen LogP contribution in [0.2, 0.25) is 0 Å². The van der Waals surface area contributed by atoms with Gasteiger partial charge in [-0.2, -0.15) is 0 Å². The number of nitrogens with one attached hydrogen (secondary N) is 1. The average Bonchev–Trinajstić information content (AvgIpc) is 3.14. The number of ether oxygens (including phenoxy) is 1. The summed E-state index contributed by atoms with van der Waals surface area (Å²) < 4.78 is 20.8. The number of benzene rings is 2. The van der Waals surface area contributed by atoms with Gasteiger partial charge in [-0.15, -0.1) is 0 Å². The maximum atomic E-state index is 13.4. The van der Waals surface area contributed by atoms with Crippen LogP contribution in [0, 0.1) is 5.82 Å². The maximum absolute atomic E-state index is 13.4. The Balaban J connectivity index is 1.84. The molecule has 3 N–H and O–H groups in total. The van der Waals surface area contributed by atoms with Gasteiger partial charge in [0.05, 0.1) is 19.2 Å². The molecule has 1 amide bonds. The molecule has 0 radical (unpaired) electrons. The number of amides is 1. The van der Waals surface area contributed by atoms with Gasteiger partial charge in [0.15, 0.2) is 0 Å². The molecule has 0 saturated carbocycles. The maximum Gasteiger partial charge on any atom is 0.237 e. The number of aromatic nitrogens is 2. The fourth-order valence-electron chi connectivity index (χ4n) is 4.03. The molecular formula is C23H26FN5O2. The molecule has 2 heterocycles. The summed E-state index contributed by atoms with van der Waals surface area (Å²) in [6, 6.07) is 13.8. The minimum atomic E-state index is -0.640. The Morgan fingerprint density at radius 3 is 2.45 bits per heavy atom. The number of nitrogens with zero attached hydrogens (tertiary/aromatic N) is 3. The monoisotopic (exact) mass is 423 g/mol. The fraction of sp³-hybridized carbons (Fsp3) is 0.304. The normalized spacial score (nSPS) is 14.8. The highest BCUT2D eigenvalue weighted by molar-refractivity contribution is 5.80. The molecule has 0 bridgehead atoms. The number of methoxy groups -OCH3 is 1. The number of rotatable bonds is 5. The molecule has 0 spiro atoms. The quantitative estimate of drug-likeness (QED) is 0.656. The third-order valence-corrected chi connectivity index (χ3v) is 5.68. The van der Waals surface area contributed by atoms with Crippen LogP contribution in [0.4, 0.5) is 15.9 Å². The molecule has 4 rings (SSSR count). The average molecular weight is 423 g/mol. The number of hydrogen-bond donors (Lipinski definition) is 2. The lowest BCUT2D eigenvalue weighted by Gasteiger charge is -2.42. The van der Waals surface area contributed by atoms with Gasteiger partial charge in [-0.3, -0.25) is 4.79 Å². The first kappa shape index (κ1) is 20.9. The van der Waals surface area contributed by atoms with Gasteiger partial charge < -0.3 is 25.3 Å². The first-order valence-corrected chi connectivity index (χ1v) is 10.1. The first-order chi connectivity index (χ1) is 14.8. The van der Waals surface area contributed by atoms with Gasteiger partial charge in [-0.25, -0.2) is 9.37 Å². The number of carbonyl (C=O) groups is 1. The number of hydrogen-bond acceptors (Lipinski definition) is 5. The van der Waals surface area contributed by atoms with E-state index in [1.165, 1.54) is 12.1 Å². The van der Waals surface area contributed by atoms with Crippen molar-refractivity contribution in [3.05, 3.63) is 60.2 Å². The predicted molar refractivity (Wildman–Crippen MR) is 118 cm³/mol. The Morgan fingerprint density at radius 2 is 1.84 bits per heavy atom. The Kier molecular flexibility index (Phi) is 5.41. The Hall–Kier alpha value is -3.39. The number of fused-ring (bicyclic) bond motifs is 1. The molecule has 1 aliphatic heterocycles. The minimum absolute atomic E-state index is 0.0455. The van der Waals surface area contributed by atoms with Gasteiger partial charge in [0, 0.05) is 24.3 Å². The van der Waals surface area contributed by atoms with Crippen LogP contribution in [0.5, 0.6) is 5.75 Å².